The Hall–Kier alpha value is -3.65. The van der Waals surface area contributed by atoms with E-state index in [2.05, 4.69) is 15.6 Å². The average Bonchev–Trinajstić information content (AvgIpc) is 3.16. The third kappa shape index (κ3) is 3.97. The number of amides is 1. The minimum atomic E-state index is -0.350. The van der Waals surface area contributed by atoms with Gasteiger partial charge >= 0.3 is 0 Å². The molecule has 0 bridgehead atoms. The normalized spacial score (nSPS) is 10.8. The molecule has 144 valence electrons. The van der Waals surface area contributed by atoms with Crippen molar-refractivity contribution < 1.29 is 9.59 Å². The van der Waals surface area contributed by atoms with Crippen molar-refractivity contribution in [3.63, 3.8) is 0 Å². The molecule has 8 heteroatoms. The van der Waals surface area contributed by atoms with Gasteiger partial charge in [-0.05, 0) is 35.9 Å². The van der Waals surface area contributed by atoms with Crippen molar-refractivity contribution in [2.45, 2.75) is 13.5 Å². The smallest absolute Gasteiger partial charge is 0.278 e. The number of rotatable bonds is 5. The molecule has 0 radical (unpaired) electrons. The van der Waals surface area contributed by atoms with E-state index in [0.717, 1.165) is 15.1 Å². The topological polar surface area (TPSA) is 93.9 Å². The predicted octanol–water partition coefficient (Wildman–Crippen LogP) is 3.36. The molecule has 0 fully saturated rings. The molecule has 0 aliphatic rings. The Bertz CT molecular complexity index is 1260. The molecule has 2 aromatic heterocycles. The molecule has 1 amide bonds. The number of carbonyl (C=O) groups excluding carboxylic acids is 2. The summed E-state index contributed by atoms with van der Waals surface area (Å²) in [6.45, 7) is 1.20. The van der Waals surface area contributed by atoms with E-state index in [4.69, 9.17) is 0 Å². The number of hydrogen-bond acceptors (Lipinski definition) is 6. The summed E-state index contributed by atoms with van der Waals surface area (Å²) in [5, 5.41) is 11.1. The Morgan fingerprint density at radius 3 is 2.48 bits per heavy atom. The molecule has 7 nitrogen and oxygen atoms in total. The Balaban J connectivity index is 1.59. The summed E-state index contributed by atoms with van der Waals surface area (Å²) in [6, 6.07) is 18.0. The number of Topliss-reactive ketones (excluding diaryl/α,β-unsaturated/α-hetero) is 1. The number of nitrogens with zero attached hydrogens (tertiary/aromatic N) is 3. The van der Waals surface area contributed by atoms with E-state index >= 15 is 0 Å². The zero-order chi connectivity index (χ0) is 20.4. The lowest BCUT2D eigenvalue weighted by molar-refractivity contribution is -0.114. The van der Waals surface area contributed by atoms with Gasteiger partial charge in [0.15, 0.2) is 10.6 Å². The van der Waals surface area contributed by atoms with E-state index in [1.807, 2.05) is 30.3 Å². The maximum Gasteiger partial charge on any atom is 0.278 e. The summed E-state index contributed by atoms with van der Waals surface area (Å²) in [4.78, 5) is 37.9. The number of thiophene rings is 1. The molecule has 1 N–H and O–H groups in total. The van der Waals surface area contributed by atoms with Crippen LogP contribution in [0.25, 0.3) is 20.7 Å². The zero-order valence-corrected chi connectivity index (χ0v) is 16.3. The lowest BCUT2D eigenvalue weighted by Crippen LogP contribution is -2.27. The van der Waals surface area contributed by atoms with Crippen LogP contribution in [0.3, 0.4) is 0 Å². The van der Waals surface area contributed by atoms with Gasteiger partial charge in [-0.2, -0.15) is 0 Å². The second-order valence-corrected chi connectivity index (χ2v) is 7.46. The molecule has 29 heavy (non-hydrogen) atoms. The van der Waals surface area contributed by atoms with Gasteiger partial charge in [0.05, 0.1) is 5.39 Å². The maximum absolute atomic E-state index is 12.8. The first-order valence-corrected chi connectivity index (χ1v) is 9.66. The SMILES string of the molecule is CC(=O)Nc1ccc(C(=O)Cn2nnc3sc(-c4ccccc4)cc3c2=O)cc1. The fourth-order valence-electron chi connectivity index (χ4n) is 2.90. The second kappa shape index (κ2) is 7.76. The van der Waals surface area contributed by atoms with Gasteiger partial charge in [0.25, 0.3) is 5.56 Å². The van der Waals surface area contributed by atoms with Crippen LogP contribution in [-0.4, -0.2) is 26.7 Å². The first-order valence-electron chi connectivity index (χ1n) is 8.85. The molecule has 0 saturated carbocycles. The average molecular weight is 404 g/mol. The number of anilines is 1. The van der Waals surface area contributed by atoms with Gasteiger partial charge in [-0.25, -0.2) is 4.68 Å². The lowest BCUT2D eigenvalue weighted by atomic mass is 10.1. The van der Waals surface area contributed by atoms with Crippen LogP contribution < -0.4 is 10.9 Å². The van der Waals surface area contributed by atoms with Gasteiger partial charge in [0.2, 0.25) is 5.91 Å². The second-order valence-electron chi connectivity index (χ2n) is 6.43. The number of benzene rings is 2. The van der Waals surface area contributed by atoms with Crippen molar-refractivity contribution in [1.29, 1.82) is 0 Å². The van der Waals surface area contributed by atoms with E-state index in [-0.39, 0.29) is 23.8 Å². The highest BCUT2D eigenvalue weighted by molar-refractivity contribution is 7.21. The molecular formula is C21H16N4O3S. The van der Waals surface area contributed by atoms with Crippen molar-refractivity contribution in [3.05, 3.63) is 76.6 Å². The maximum atomic E-state index is 12.8. The van der Waals surface area contributed by atoms with Gasteiger partial charge in [0.1, 0.15) is 6.54 Å². The fraction of sp³-hybridized carbons (Fsp3) is 0.0952. The lowest BCUT2D eigenvalue weighted by Gasteiger charge is -2.05. The summed E-state index contributed by atoms with van der Waals surface area (Å²) in [5.74, 6) is -0.460. The summed E-state index contributed by atoms with van der Waals surface area (Å²) >= 11 is 1.39. The Labute approximate surface area is 169 Å². The van der Waals surface area contributed by atoms with Crippen molar-refractivity contribution in [1.82, 2.24) is 15.0 Å². The molecule has 4 aromatic rings. The molecule has 0 atom stereocenters. The van der Waals surface area contributed by atoms with E-state index in [1.54, 1.807) is 30.3 Å². The highest BCUT2D eigenvalue weighted by atomic mass is 32.1. The fourth-order valence-corrected chi connectivity index (χ4v) is 3.87. The van der Waals surface area contributed by atoms with Gasteiger partial charge in [-0.1, -0.05) is 35.5 Å². The highest BCUT2D eigenvalue weighted by Crippen LogP contribution is 2.30. The van der Waals surface area contributed by atoms with Crippen LogP contribution in [0.15, 0.2) is 65.5 Å². The predicted molar refractivity (Wildman–Crippen MR) is 112 cm³/mol. The molecule has 2 aromatic carbocycles. The molecule has 0 aliphatic heterocycles. The van der Waals surface area contributed by atoms with Gasteiger partial charge in [-0.3, -0.25) is 14.4 Å². The van der Waals surface area contributed by atoms with Crippen LogP contribution in [0.2, 0.25) is 0 Å². The number of fused-ring (bicyclic) bond motifs is 1. The number of ketones is 1. The minimum absolute atomic E-state index is 0.190. The summed E-state index contributed by atoms with van der Waals surface area (Å²) in [7, 11) is 0. The number of nitrogens with one attached hydrogen (secondary N) is 1. The van der Waals surface area contributed by atoms with Gasteiger partial charge in [0, 0.05) is 23.1 Å². The van der Waals surface area contributed by atoms with Crippen LogP contribution in [0.5, 0.6) is 0 Å². The van der Waals surface area contributed by atoms with Crippen LogP contribution >= 0.6 is 11.3 Å². The van der Waals surface area contributed by atoms with Crippen molar-refractivity contribution in [2.75, 3.05) is 5.32 Å². The third-order valence-electron chi connectivity index (χ3n) is 4.30. The first-order chi connectivity index (χ1) is 14.0. The van der Waals surface area contributed by atoms with Crippen molar-refractivity contribution in [2.24, 2.45) is 0 Å². The molecule has 0 saturated heterocycles. The molecule has 2 heterocycles. The van der Waals surface area contributed by atoms with E-state index in [9.17, 15) is 14.4 Å². The van der Waals surface area contributed by atoms with Crippen molar-refractivity contribution in [3.8, 4) is 10.4 Å². The number of hydrogen-bond donors (Lipinski definition) is 1. The number of aromatic nitrogens is 3. The minimum Gasteiger partial charge on any atom is -0.326 e. The monoisotopic (exact) mass is 404 g/mol. The van der Waals surface area contributed by atoms with Crippen LogP contribution in [-0.2, 0) is 11.3 Å². The quantitative estimate of drug-likeness (QED) is 0.515. The summed E-state index contributed by atoms with van der Waals surface area (Å²) in [5.41, 5.74) is 1.66. The van der Waals surface area contributed by atoms with Crippen LogP contribution in [0.1, 0.15) is 17.3 Å². The molecule has 0 unspecified atom stereocenters. The highest BCUT2D eigenvalue weighted by Gasteiger charge is 2.14. The molecule has 4 rings (SSSR count). The van der Waals surface area contributed by atoms with E-state index < -0.39 is 0 Å². The number of carbonyl (C=O) groups is 2. The molecular weight excluding hydrogens is 388 g/mol. The summed E-state index contributed by atoms with van der Waals surface area (Å²) < 4.78 is 1.08. The molecule has 0 aliphatic carbocycles. The van der Waals surface area contributed by atoms with Gasteiger partial charge < -0.3 is 5.32 Å². The Morgan fingerprint density at radius 2 is 1.79 bits per heavy atom. The van der Waals surface area contributed by atoms with E-state index in [0.29, 0.717) is 21.5 Å². The first kappa shape index (κ1) is 18.7. The standard InChI is InChI=1S/C21H16N4O3S/c1-13(26)22-16-9-7-14(8-10-16)18(27)12-25-21(28)17-11-19(29-20(17)23-24-25)15-5-3-2-4-6-15/h2-11H,12H2,1H3,(H,22,26). The van der Waals surface area contributed by atoms with Crippen LogP contribution in [0, 0.1) is 0 Å². The van der Waals surface area contributed by atoms with E-state index in [1.165, 1.54) is 18.3 Å². The van der Waals surface area contributed by atoms with Gasteiger partial charge in [-0.15, -0.1) is 16.4 Å². The summed E-state index contributed by atoms with van der Waals surface area (Å²) in [6.07, 6.45) is 0. The van der Waals surface area contributed by atoms with Crippen molar-refractivity contribution >= 4 is 38.9 Å². The Morgan fingerprint density at radius 1 is 1.07 bits per heavy atom. The molecule has 0 spiro atoms. The van der Waals surface area contributed by atoms with Crippen LogP contribution in [0.4, 0.5) is 5.69 Å². The zero-order valence-electron chi connectivity index (χ0n) is 15.5. The Kier molecular flexibility index (Phi) is 5.01. The largest absolute Gasteiger partial charge is 0.326 e. The third-order valence-corrected chi connectivity index (χ3v) is 5.37.